The van der Waals surface area contributed by atoms with Gasteiger partial charge in [0.25, 0.3) is 0 Å². The minimum Gasteiger partial charge on any atom is -0.381 e. The average Bonchev–Trinajstić information content (AvgIpc) is 3.36. The van der Waals surface area contributed by atoms with Gasteiger partial charge in [0.2, 0.25) is 0 Å². The summed E-state index contributed by atoms with van der Waals surface area (Å²) in [6, 6.07) is 17.9. The van der Waals surface area contributed by atoms with Gasteiger partial charge in [-0.2, -0.15) is 0 Å². The molecule has 0 spiro atoms. The Morgan fingerprint density at radius 1 is 1.16 bits per heavy atom. The summed E-state index contributed by atoms with van der Waals surface area (Å²) in [5.74, 6) is 1.32. The van der Waals surface area contributed by atoms with Gasteiger partial charge < -0.3 is 14.2 Å². The third kappa shape index (κ3) is 10.0. The van der Waals surface area contributed by atoms with Crippen molar-refractivity contribution in [2.45, 2.75) is 34.2 Å². The molecule has 1 saturated heterocycles. The molecule has 6 nitrogen and oxygen atoms in total. The highest BCUT2D eigenvalue weighted by Gasteiger charge is 2.13. The summed E-state index contributed by atoms with van der Waals surface area (Å²) in [5, 5.41) is 3.75. The highest BCUT2D eigenvalue weighted by atomic mass is 16.5. The fourth-order valence-corrected chi connectivity index (χ4v) is 3.43. The topological polar surface area (TPSA) is 67.9 Å². The van der Waals surface area contributed by atoms with Crippen LogP contribution >= 0.6 is 0 Å². The van der Waals surface area contributed by atoms with Gasteiger partial charge in [0.1, 0.15) is 5.69 Å². The number of aryl methyl sites for hydroxylation is 1. The molecule has 0 bridgehead atoms. The zero-order chi connectivity index (χ0) is 27.2. The number of nitrogens with zero attached hydrogens (tertiary/aromatic N) is 3. The number of carbonyl (C=O) groups is 1. The molecule has 0 atom stereocenters. The Hall–Kier alpha value is -3.77. The summed E-state index contributed by atoms with van der Waals surface area (Å²) >= 11 is 0. The minimum absolute atomic E-state index is 0.108. The average molecular weight is 502 g/mol. The molecule has 6 heteroatoms. The van der Waals surface area contributed by atoms with Crippen LogP contribution in [0.15, 0.2) is 88.5 Å². The molecule has 0 unspecified atom stereocenters. The van der Waals surface area contributed by atoms with E-state index >= 15 is 0 Å². The third-order valence-corrected chi connectivity index (χ3v) is 5.54. The number of benzene rings is 2. The molecule has 0 N–H and O–H groups in total. The maximum absolute atomic E-state index is 11.2. The molecule has 37 heavy (non-hydrogen) atoms. The van der Waals surface area contributed by atoms with Crippen LogP contribution < -0.4 is 0 Å². The van der Waals surface area contributed by atoms with E-state index in [0.717, 1.165) is 42.4 Å². The summed E-state index contributed by atoms with van der Waals surface area (Å²) in [7, 11) is 3.79. The van der Waals surface area contributed by atoms with Crippen molar-refractivity contribution in [3.63, 3.8) is 0 Å². The Labute approximate surface area is 221 Å². The van der Waals surface area contributed by atoms with Crippen LogP contribution in [0, 0.1) is 12.8 Å². The van der Waals surface area contributed by atoms with Crippen LogP contribution in [0.25, 0.3) is 11.3 Å². The van der Waals surface area contributed by atoms with Gasteiger partial charge >= 0.3 is 0 Å². The lowest BCUT2D eigenvalue weighted by molar-refractivity contribution is -0.0221. The normalized spacial score (nSPS) is 13.1. The van der Waals surface area contributed by atoms with Crippen LogP contribution in [0.1, 0.15) is 48.0 Å². The van der Waals surface area contributed by atoms with E-state index in [9.17, 15) is 4.79 Å². The fourth-order valence-electron chi connectivity index (χ4n) is 3.43. The van der Waals surface area contributed by atoms with E-state index in [0.29, 0.717) is 11.5 Å². The number of ketones is 1. The minimum atomic E-state index is -0.108. The lowest BCUT2D eigenvalue weighted by Gasteiger charge is -2.20. The SMILES string of the molecule is C=C/C(C)=C\N(C)Cc1ccccc1.CC1COC1.CN=Cc1c(C)cccc1-c1cc(C(C)=O)no1. The number of hydrogen-bond donors (Lipinski definition) is 0. The van der Waals surface area contributed by atoms with E-state index in [1.807, 2.05) is 37.3 Å². The highest BCUT2D eigenvalue weighted by Crippen LogP contribution is 2.25. The number of allylic oxidation sites excluding steroid dienone is 2. The maximum Gasteiger partial charge on any atom is 0.181 e. The molecule has 1 aromatic heterocycles. The number of rotatable bonds is 7. The second-order valence-corrected chi connectivity index (χ2v) is 9.18. The zero-order valence-corrected chi connectivity index (χ0v) is 22.9. The summed E-state index contributed by atoms with van der Waals surface area (Å²) in [6.07, 6.45) is 5.74. The highest BCUT2D eigenvalue weighted by molar-refractivity contribution is 5.95. The summed E-state index contributed by atoms with van der Waals surface area (Å²) < 4.78 is 10.1. The molecule has 4 rings (SSSR count). The number of aromatic nitrogens is 1. The lowest BCUT2D eigenvalue weighted by atomic mass is 10.0. The van der Waals surface area contributed by atoms with Crippen molar-refractivity contribution in [2.75, 3.05) is 27.3 Å². The number of hydrogen-bond acceptors (Lipinski definition) is 6. The van der Waals surface area contributed by atoms with E-state index in [2.05, 4.69) is 73.0 Å². The van der Waals surface area contributed by atoms with Gasteiger partial charge in [-0.3, -0.25) is 9.79 Å². The van der Waals surface area contributed by atoms with Gasteiger partial charge in [-0.1, -0.05) is 73.3 Å². The van der Waals surface area contributed by atoms with E-state index in [-0.39, 0.29) is 5.78 Å². The smallest absolute Gasteiger partial charge is 0.181 e. The predicted octanol–water partition coefficient (Wildman–Crippen LogP) is 6.76. The third-order valence-electron chi connectivity index (χ3n) is 5.54. The van der Waals surface area contributed by atoms with Crippen molar-refractivity contribution in [3.05, 3.63) is 101 Å². The van der Waals surface area contributed by atoms with Crippen LogP contribution in [0.2, 0.25) is 0 Å². The van der Waals surface area contributed by atoms with Crippen molar-refractivity contribution in [1.29, 1.82) is 0 Å². The summed E-state index contributed by atoms with van der Waals surface area (Å²) in [6.45, 7) is 14.3. The van der Waals surface area contributed by atoms with Crippen molar-refractivity contribution < 1.29 is 14.1 Å². The van der Waals surface area contributed by atoms with E-state index < -0.39 is 0 Å². The van der Waals surface area contributed by atoms with E-state index in [1.54, 1.807) is 19.3 Å². The molecule has 0 saturated carbocycles. The first-order valence-corrected chi connectivity index (χ1v) is 12.4. The number of aliphatic imine (C=N–C) groups is 1. The first-order chi connectivity index (χ1) is 17.7. The number of carbonyl (C=O) groups excluding carboxylic acids is 1. The first kappa shape index (κ1) is 29.5. The predicted molar refractivity (Wildman–Crippen MR) is 152 cm³/mol. The summed E-state index contributed by atoms with van der Waals surface area (Å²) in [5.41, 5.74) is 5.81. The molecule has 0 radical (unpaired) electrons. The van der Waals surface area contributed by atoms with Crippen molar-refractivity contribution in [1.82, 2.24) is 10.1 Å². The Morgan fingerprint density at radius 2 is 1.84 bits per heavy atom. The second-order valence-electron chi connectivity index (χ2n) is 9.18. The Balaban J connectivity index is 0.000000224. The molecule has 2 heterocycles. The van der Waals surface area contributed by atoms with Crippen LogP contribution in [0.5, 0.6) is 0 Å². The van der Waals surface area contributed by atoms with E-state index in [1.165, 1.54) is 18.1 Å². The molecule has 2 aromatic carbocycles. The molecule has 0 aliphatic carbocycles. The van der Waals surface area contributed by atoms with Gasteiger partial charge in [0.15, 0.2) is 11.5 Å². The van der Waals surface area contributed by atoms with Crippen molar-refractivity contribution >= 4 is 12.0 Å². The van der Waals surface area contributed by atoms with Gasteiger partial charge in [-0.15, -0.1) is 0 Å². The Bertz CT molecular complexity index is 1190. The van der Waals surface area contributed by atoms with Crippen LogP contribution in [0.3, 0.4) is 0 Å². The second kappa shape index (κ2) is 15.4. The van der Waals surface area contributed by atoms with Crippen molar-refractivity contribution in [2.24, 2.45) is 10.9 Å². The summed E-state index contributed by atoms with van der Waals surface area (Å²) in [4.78, 5) is 17.4. The van der Waals surface area contributed by atoms with Gasteiger partial charge in [0.05, 0.1) is 13.2 Å². The molecule has 196 valence electrons. The van der Waals surface area contributed by atoms with Crippen LogP contribution in [-0.4, -0.2) is 49.4 Å². The Kier molecular flexibility index (Phi) is 12.2. The van der Waals surface area contributed by atoms with Gasteiger partial charge in [-0.25, -0.2) is 0 Å². The van der Waals surface area contributed by atoms with Gasteiger partial charge in [-0.05, 0) is 30.5 Å². The standard InChI is InChI=1S/C14H14N2O2.C13H17N.C4H8O/c1-9-5-4-6-11(12(9)8-15-3)14-7-13(10(2)17)16-18-14;1-4-12(2)10-14(3)11-13-8-6-5-7-9-13;1-4-2-5-3-4/h4-8H,1-3H3;4-10H,1,11H2,2-3H3;4H,2-3H2,1H3/b;12-10-;. The molecule has 3 aromatic rings. The van der Waals surface area contributed by atoms with Crippen molar-refractivity contribution in [3.8, 4) is 11.3 Å². The number of ether oxygens (including phenoxy) is 1. The van der Waals surface area contributed by atoms with Crippen LogP contribution in [0.4, 0.5) is 0 Å². The molecule has 1 aliphatic heterocycles. The zero-order valence-electron chi connectivity index (χ0n) is 22.9. The largest absolute Gasteiger partial charge is 0.381 e. The van der Waals surface area contributed by atoms with Gasteiger partial charge in [0, 0.05) is 63.1 Å². The molecule has 1 aliphatic rings. The first-order valence-electron chi connectivity index (χ1n) is 12.4. The quantitative estimate of drug-likeness (QED) is 0.203. The van der Waals surface area contributed by atoms with E-state index in [4.69, 9.17) is 9.26 Å². The van der Waals surface area contributed by atoms with Crippen LogP contribution in [-0.2, 0) is 11.3 Å². The Morgan fingerprint density at radius 3 is 2.35 bits per heavy atom. The number of Topliss-reactive ketones (excluding diaryl/α,β-unsaturated/α-hetero) is 1. The monoisotopic (exact) mass is 501 g/mol. The fraction of sp³-hybridized carbons (Fsp3) is 0.323. The molecule has 1 fully saturated rings. The molecular weight excluding hydrogens is 462 g/mol. The molecule has 0 amide bonds. The maximum atomic E-state index is 11.2. The lowest BCUT2D eigenvalue weighted by Crippen LogP contribution is -2.23. The molecular formula is C31H39N3O3.